The molecular weight excluding hydrogens is 2710 g/mol. The number of hydrogen-bond donors (Lipinski definition) is 0. The van der Waals surface area contributed by atoms with Gasteiger partial charge in [-0.2, -0.15) is 10.4 Å². The second-order valence-electron chi connectivity index (χ2n) is 31.8. The number of aromatic nitrogens is 20. The van der Waals surface area contributed by atoms with Gasteiger partial charge in [-0.25, -0.2) is 30.6 Å². The Labute approximate surface area is 849 Å². The normalized spacial score (nSPS) is 16.9. The van der Waals surface area contributed by atoms with Gasteiger partial charge in [-0.05, 0) is 95.1 Å². The average molecular weight is 2830 g/mol. The van der Waals surface area contributed by atoms with Crippen molar-refractivity contribution in [1.29, 1.82) is 0 Å². The number of nitrogens with zero attached hydrogens (tertiary/aromatic N) is 38. The Balaban J connectivity index is 0.000000389. The molecule has 12 heterocycles. The predicted octanol–water partition coefficient (Wildman–Crippen LogP) is 4.86. The van der Waals surface area contributed by atoms with Crippen molar-refractivity contribution in [3.63, 3.8) is 0 Å². The van der Waals surface area contributed by atoms with E-state index in [1.807, 2.05) is 11.5 Å². The maximum absolute atomic E-state index is 4.20. The molecular formula is C68H126B12N38Pt6Si2-2. The molecule has 6 aliphatic heterocycles. The van der Waals surface area contributed by atoms with Gasteiger partial charge in [0.2, 0.25) is 27.9 Å². The third-order valence-electron chi connectivity index (χ3n) is 23.7. The first-order valence-electron chi connectivity index (χ1n) is 43.4. The molecule has 694 valence electrons. The van der Waals surface area contributed by atoms with Crippen LogP contribution in [0, 0.1) is 26.7 Å². The Kier molecular flexibility index (Phi) is 55.5. The summed E-state index contributed by atoms with van der Waals surface area (Å²) in [5, 5.41) is 62.5. The molecule has 0 aliphatic carbocycles. The zero-order chi connectivity index (χ0) is 86.5. The molecule has 14 rings (SSSR count). The number of benzene rings is 2. The van der Waals surface area contributed by atoms with Crippen LogP contribution in [0.1, 0.15) is 132 Å². The van der Waals surface area contributed by atoms with Crippen LogP contribution in [0.3, 0.4) is 0 Å². The Morgan fingerprint density at radius 3 is 0.897 bits per heavy atom. The first-order valence-corrected chi connectivity index (χ1v) is 45.5. The van der Waals surface area contributed by atoms with Crippen molar-refractivity contribution in [2.45, 2.75) is 220 Å². The molecule has 58 heteroatoms. The predicted molar refractivity (Wildman–Crippen MR) is 501 cm³/mol. The minimum Gasteiger partial charge on any atom is -0.583 e. The summed E-state index contributed by atoms with van der Waals surface area (Å²) in [4.78, 5) is 33.7. The summed E-state index contributed by atoms with van der Waals surface area (Å²) in [7, 11) is 7.97. The van der Waals surface area contributed by atoms with E-state index in [0.29, 0.717) is 83.6 Å². The molecule has 0 unspecified atom stereocenters. The van der Waals surface area contributed by atoms with Crippen LogP contribution in [0.4, 0.5) is 47.1 Å². The van der Waals surface area contributed by atoms with Gasteiger partial charge in [0.15, 0.2) is 19.7 Å². The van der Waals surface area contributed by atoms with Crippen molar-refractivity contribution >= 4 is 151 Å². The summed E-state index contributed by atoms with van der Waals surface area (Å²) < 4.78 is 24.3. The van der Waals surface area contributed by atoms with Crippen LogP contribution >= 0.6 is 0 Å². The summed E-state index contributed by atoms with van der Waals surface area (Å²) in [6.07, 6.45) is 22.0. The number of tetrazole rings is 2. The fourth-order valence-electron chi connectivity index (χ4n) is 16.2. The minimum atomic E-state index is -0.171. The molecule has 2 aromatic carbocycles. The monoisotopic (exact) mass is 2830 g/mol. The summed E-state index contributed by atoms with van der Waals surface area (Å²) in [5.74, 6) is 3.92. The van der Waals surface area contributed by atoms with E-state index in [2.05, 4.69) is 421 Å². The van der Waals surface area contributed by atoms with Crippen LogP contribution in [-0.2, 0) is 126 Å². The van der Waals surface area contributed by atoms with Crippen molar-refractivity contribution in [2.75, 3.05) is 98.1 Å². The molecule has 126 heavy (non-hydrogen) atoms. The van der Waals surface area contributed by atoms with Crippen molar-refractivity contribution in [3.8, 4) is 0 Å². The molecule has 6 aliphatic rings. The molecule has 0 amide bonds. The van der Waals surface area contributed by atoms with E-state index in [-0.39, 0.29) is 188 Å². The van der Waals surface area contributed by atoms with Crippen LogP contribution in [0.15, 0.2) is 86.0 Å². The third kappa shape index (κ3) is 31.6. The summed E-state index contributed by atoms with van der Waals surface area (Å²) in [5.41, 5.74) is 2.48. The van der Waals surface area contributed by atoms with Crippen LogP contribution in [0.2, 0.25) is 81.9 Å². The zero-order valence-corrected chi connectivity index (χ0v) is 93.6. The third-order valence-corrected chi connectivity index (χ3v) is 27.5. The number of anilines is 8. The van der Waals surface area contributed by atoms with E-state index in [9.17, 15) is 0 Å². The van der Waals surface area contributed by atoms with E-state index in [0.717, 1.165) is 39.1 Å². The van der Waals surface area contributed by atoms with Crippen LogP contribution in [-0.4, -0.2) is 289 Å². The first-order chi connectivity index (χ1) is 57.9. The minimum absolute atomic E-state index is 0. The smallest absolute Gasteiger partial charge is 0.583 e. The van der Waals surface area contributed by atoms with Gasteiger partial charge in [-0.3, -0.25) is 57.3 Å². The second-order valence-corrected chi connectivity index (χ2v) is 34.5. The Morgan fingerprint density at radius 2 is 0.603 bits per heavy atom. The quantitative estimate of drug-likeness (QED) is 0.0377. The molecule has 0 atom stereocenters. The first kappa shape index (κ1) is 117. The second kappa shape index (κ2) is 60.0. The molecule has 2 radical (unpaired) electrons. The van der Waals surface area contributed by atoms with E-state index < -0.39 is 0 Å². The van der Waals surface area contributed by atoms with E-state index in [1.165, 1.54) is 114 Å². The fourth-order valence-corrected chi connectivity index (χ4v) is 19.2. The van der Waals surface area contributed by atoms with Crippen molar-refractivity contribution < 1.29 is 126 Å². The van der Waals surface area contributed by atoms with Gasteiger partial charge in [0.1, 0.15) is 0 Å². The zero-order valence-electron chi connectivity index (χ0n) is 77.7. The Hall–Kier alpha value is -3.52. The molecule has 0 bridgehead atoms. The number of rotatable bonds is 27. The maximum atomic E-state index is 4.20. The number of hydrogen-bond acceptors (Lipinski definition) is 32. The SMILES string of the molecule is CB1N(C)[CH-]N(c2ncn[n-]2)B(C)N1C(C)C.CCCCCCN1B(C)N(c2ccccc2)[SiH]N(c2nnn[n-]2)B1C.CCCCCN1B(C)N(C)[CH-]N(c2ncn[n-]2)B1C.CCCCCN1B(C)N(c2ccccc2)[SiH]N(c2nnn[n-]2)B1C.CCCCN1B(C)N(C)[CH-]N(c2ncn[n-]2)B1C.CCCN1B(C)N(C)[CH-]N(c2ncn[n-]2)B1C.[Pt+2].[Pt+2].[Pt+2].[Pt+2].[Pt].[Pt]. The molecule has 0 N–H and O–H groups in total. The topological polar surface area (TPSA) is 323 Å². The van der Waals surface area contributed by atoms with Crippen LogP contribution in [0.25, 0.3) is 0 Å². The van der Waals surface area contributed by atoms with E-state index in [4.69, 9.17) is 0 Å². The van der Waals surface area contributed by atoms with Crippen molar-refractivity contribution in [3.05, 3.63) is 113 Å². The summed E-state index contributed by atoms with van der Waals surface area (Å²) in [6.45, 7) is 59.6. The number of unbranched alkanes of at least 4 members (excludes halogenated alkanes) is 8. The van der Waals surface area contributed by atoms with Crippen molar-refractivity contribution in [1.82, 2.24) is 150 Å². The molecule has 0 spiro atoms. The van der Waals surface area contributed by atoms with Gasteiger partial charge in [-0.15, -0.1) is 10.4 Å². The van der Waals surface area contributed by atoms with Gasteiger partial charge in [0.25, 0.3) is 41.9 Å². The largest absolute Gasteiger partial charge is 2.00 e. The molecule has 6 saturated heterocycles. The summed E-state index contributed by atoms with van der Waals surface area (Å²) >= 11 is 0. The maximum Gasteiger partial charge on any atom is 2.00 e. The molecule has 38 nitrogen and oxygen atoms in total. The Morgan fingerprint density at radius 1 is 0.317 bits per heavy atom. The Bertz CT molecular complexity index is 4000. The average Bonchev–Trinajstić information content (AvgIpc) is 1.19. The van der Waals surface area contributed by atoms with Crippen LogP contribution < -0.4 is 67.7 Å². The van der Waals surface area contributed by atoms with Gasteiger partial charge >= 0.3 is 98.2 Å². The summed E-state index contributed by atoms with van der Waals surface area (Å²) in [6, 6.07) is 21.6. The number of para-hydroxylation sites is 2. The van der Waals surface area contributed by atoms with Gasteiger partial charge in [0.05, 0.1) is 37.2 Å². The molecule has 6 aromatic heterocycles. The van der Waals surface area contributed by atoms with Gasteiger partial charge in [0, 0.05) is 77.3 Å². The standard InChI is InChI=1S/C15H25B2N7Si.C14H23B2N7Si.C11H22B2N6.C10H20B2N6.2C9H18B2N6.6Pt/c1-4-5-6-10-13-22-16(2)23(14-11-8-7-9-12-14)25-24(17(22)3)15-18-20-21-19-15;1-4-5-9-12-21-15(2)22(13-10-7-6-8-11-13)24-23(16(21)3)14-17-19-20-18-14;1-5-6-7-8-19-12(2)17(4)10-18(13(19)3)11-14-9-15-16-11;1-5-6-7-18-11(2)16(4)9-17(12(18)3)10-13-8-14-15-10;1-8(2)17-10(3)15(5)7-16(11(17)4)9-12-6-13-14-9;1-5-6-17-10(2)15(4)8-16(11(17)3)9-12-7-13-14-9;;;;;;/h7-9,11-12,25H,4-6,10,13H2,1-3H3;6-8,10-11,24H,4-5,9,12H2,1-3H3;9-10H,5-8H2,1-4H3;8-9H,5-7H2,1-4H3;6-8H,1-5H3;7-8H,5-6H2,1-4H3;;;;;;/q2*-1;4*-2;;;4*+2. The molecule has 0 saturated carbocycles. The van der Waals surface area contributed by atoms with Crippen molar-refractivity contribution in [2.24, 2.45) is 0 Å². The van der Waals surface area contributed by atoms with Gasteiger partial charge in [-0.1, -0.05) is 246 Å². The van der Waals surface area contributed by atoms with E-state index in [1.54, 1.807) is 0 Å². The van der Waals surface area contributed by atoms with Gasteiger partial charge < -0.3 is 105 Å². The fraction of sp³-hybridized carbons (Fsp3) is 0.618. The molecule has 6 fully saturated rings. The van der Waals surface area contributed by atoms with E-state index >= 15 is 0 Å². The van der Waals surface area contributed by atoms with Crippen LogP contribution in [0.5, 0.6) is 0 Å². The molecule has 8 aromatic rings.